The highest BCUT2D eigenvalue weighted by molar-refractivity contribution is 5.77. The zero-order chi connectivity index (χ0) is 20.7. The molecular formula is C23H39N3O2. The summed E-state index contributed by atoms with van der Waals surface area (Å²) in [6, 6.07) is 4.43. The Morgan fingerprint density at radius 1 is 1.25 bits per heavy atom. The molecule has 1 amide bonds. The number of piperidine rings is 1. The number of rotatable bonds is 9. The summed E-state index contributed by atoms with van der Waals surface area (Å²) in [5, 5.41) is 12.6. The first-order valence-corrected chi connectivity index (χ1v) is 10.7. The molecule has 1 unspecified atom stereocenters. The van der Waals surface area contributed by atoms with Gasteiger partial charge in [0.15, 0.2) is 0 Å². The summed E-state index contributed by atoms with van der Waals surface area (Å²) in [6.45, 7) is 13.2. The molecule has 5 nitrogen and oxygen atoms in total. The van der Waals surface area contributed by atoms with Crippen LogP contribution in [0.1, 0.15) is 42.0 Å². The van der Waals surface area contributed by atoms with Crippen molar-refractivity contribution < 1.29 is 9.90 Å². The summed E-state index contributed by atoms with van der Waals surface area (Å²) in [5.41, 5.74) is 5.26. The van der Waals surface area contributed by atoms with E-state index in [1.807, 2.05) is 14.0 Å². The number of likely N-dealkylation sites (N-methyl/N-ethyl adjacent to an activating group) is 1. The van der Waals surface area contributed by atoms with Gasteiger partial charge in [-0.25, -0.2) is 0 Å². The SMILES string of the molecule is Cc1cc(C)c(CCNC(=O)CN(C)CC2CCN(CC(C)O)CC2)c(C)c1. The zero-order valence-electron chi connectivity index (χ0n) is 18.4. The van der Waals surface area contributed by atoms with Crippen molar-refractivity contribution in [2.24, 2.45) is 5.92 Å². The second-order valence-corrected chi connectivity index (χ2v) is 8.77. The number of carbonyl (C=O) groups is 1. The van der Waals surface area contributed by atoms with Crippen LogP contribution < -0.4 is 5.32 Å². The molecule has 1 aromatic rings. The fourth-order valence-corrected chi connectivity index (χ4v) is 4.46. The number of amides is 1. The first-order chi connectivity index (χ1) is 13.2. The number of benzene rings is 1. The third kappa shape index (κ3) is 7.53. The van der Waals surface area contributed by atoms with Crippen LogP contribution in [0.15, 0.2) is 12.1 Å². The van der Waals surface area contributed by atoms with Gasteiger partial charge in [0.2, 0.25) is 5.91 Å². The third-order valence-corrected chi connectivity index (χ3v) is 5.75. The van der Waals surface area contributed by atoms with Crippen LogP contribution in [0.5, 0.6) is 0 Å². The van der Waals surface area contributed by atoms with E-state index in [4.69, 9.17) is 0 Å². The molecule has 1 aliphatic rings. The minimum Gasteiger partial charge on any atom is -0.392 e. The molecule has 1 atom stereocenters. The Labute approximate surface area is 171 Å². The lowest BCUT2D eigenvalue weighted by Crippen LogP contribution is -2.42. The van der Waals surface area contributed by atoms with Crippen molar-refractivity contribution in [3.63, 3.8) is 0 Å². The summed E-state index contributed by atoms with van der Waals surface area (Å²) < 4.78 is 0. The van der Waals surface area contributed by atoms with E-state index in [0.29, 0.717) is 19.0 Å². The maximum absolute atomic E-state index is 12.3. The summed E-state index contributed by atoms with van der Waals surface area (Å²) >= 11 is 0. The van der Waals surface area contributed by atoms with Crippen LogP contribution in [0.3, 0.4) is 0 Å². The van der Waals surface area contributed by atoms with Crippen molar-refractivity contribution in [1.82, 2.24) is 15.1 Å². The van der Waals surface area contributed by atoms with Crippen molar-refractivity contribution in [1.29, 1.82) is 0 Å². The Morgan fingerprint density at radius 3 is 2.43 bits per heavy atom. The Balaban J connectivity index is 1.66. The maximum Gasteiger partial charge on any atom is 0.234 e. The lowest BCUT2D eigenvalue weighted by molar-refractivity contribution is -0.122. The smallest absolute Gasteiger partial charge is 0.234 e. The molecule has 2 N–H and O–H groups in total. The van der Waals surface area contributed by atoms with Crippen molar-refractivity contribution in [3.8, 4) is 0 Å². The summed E-state index contributed by atoms with van der Waals surface area (Å²) in [5.74, 6) is 0.748. The van der Waals surface area contributed by atoms with Crippen molar-refractivity contribution in [3.05, 3.63) is 34.4 Å². The second-order valence-electron chi connectivity index (χ2n) is 8.77. The quantitative estimate of drug-likeness (QED) is 0.680. The fourth-order valence-electron chi connectivity index (χ4n) is 4.46. The van der Waals surface area contributed by atoms with Crippen molar-refractivity contribution in [2.45, 2.75) is 53.1 Å². The van der Waals surface area contributed by atoms with Gasteiger partial charge in [0.25, 0.3) is 0 Å². The van der Waals surface area contributed by atoms with Gasteiger partial charge in [-0.15, -0.1) is 0 Å². The van der Waals surface area contributed by atoms with Gasteiger partial charge in [0.1, 0.15) is 0 Å². The molecule has 158 valence electrons. The van der Waals surface area contributed by atoms with Gasteiger partial charge in [0.05, 0.1) is 12.6 Å². The number of nitrogens with one attached hydrogen (secondary N) is 1. The zero-order valence-corrected chi connectivity index (χ0v) is 18.4. The highest BCUT2D eigenvalue weighted by Crippen LogP contribution is 2.18. The number of aliphatic hydroxyl groups excluding tert-OH is 1. The molecule has 1 fully saturated rings. The molecule has 1 aromatic carbocycles. The van der Waals surface area contributed by atoms with E-state index in [2.05, 4.69) is 48.0 Å². The predicted octanol–water partition coefficient (Wildman–Crippen LogP) is 2.30. The van der Waals surface area contributed by atoms with E-state index < -0.39 is 0 Å². The lowest BCUT2D eigenvalue weighted by Gasteiger charge is -2.34. The largest absolute Gasteiger partial charge is 0.392 e. The standard InChI is InChI=1S/C23H39N3O2/c1-17-12-18(2)22(19(3)13-17)6-9-24-23(28)16-25(5)15-21-7-10-26(11-8-21)14-20(4)27/h12-13,20-21,27H,6-11,14-16H2,1-5H3,(H,24,28). The average molecular weight is 390 g/mol. The van der Waals surface area contributed by atoms with Gasteiger partial charge in [0, 0.05) is 19.6 Å². The molecule has 1 saturated heterocycles. The fraction of sp³-hybridized carbons (Fsp3) is 0.696. The number of hydrogen-bond donors (Lipinski definition) is 2. The number of nitrogens with zero attached hydrogens (tertiary/aromatic N) is 2. The second kappa shape index (κ2) is 10.9. The summed E-state index contributed by atoms with van der Waals surface area (Å²) in [6.07, 6.45) is 2.92. The Kier molecular flexibility index (Phi) is 8.93. The first-order valence-electron chi connectivity index (χ1n) is 10.7. The van der Waals surface area contributed by atoms with Gasteiger partial charge in [-0.05, 0) is 89.7 Å². The number of hydrogen-bond acceptors (Lipinski definition) is 4. The Bertz CT molecular complexity index is 614. The molecule has 0 spiro atoms. The molecule has 1 aliphatic heterocycles. The van der Waals surface area contributed by atoms with Crippen LogP contribution in [0.2, 0.25) is 0 Å². The van der Waals surface area contributed by atoms with E-state index in [0.717, 1.165) is 45.4 Å². The van der Waals surface area contributed by atoms with Gasteiger partial charge < -0.3 is 15.3 Å². The lowest BCUT2D eigenvalue weighted by atomic mass is 9.96. The van der Waals surface area contributed by atoms with Crippen LogP contribution >= 0.6 is 0 Å². The molecule has 5 heteroatoms. The van der Waals surface area contributed by atoms with E-state index in [9.17, 15) is 9.90 Å². The third-order valence-electron chi connectivity index (χ3n) is 5.75. The summed E-state index contributed by atoms with van der Waals surface area (Å²) in [7, 11) is 2.04. The number of aliphatic hydroxyl groups is 1. The van der Waals surface area contributed by atoms with Crippen molar-refractivity contribution >= 4 is 5.91 Å². The monoisotopic (exact) mass is 389 g/mol. The molecule has 0 bridgehead atoms. The van der Waals surface area contributed by atoms with Gasteiger partial charge in [-0.3, -0.25) is 9.69 Å². The highest BCUT2D eigenvalue weighted by Gasteiger charge is 2.21. The van der Waals surface area contributed by atoms with Crippen LogP contribution in [0.4, 0.5) is 0 Å². The van der Waals surface area contributed by atoms with E-state index in [1.165, 1.54) is 22.3 Å². The average Bonchev–Trinajstić information content (AvgIpc) is 2.58. The molecule has 0 aliphatic carbocycles. The normalized spacial score (nSPS) is 17.1. The van der Waals surface area contributed by atoms with E-state index in [-0.39, 0.29) is 12.0 Å². The molecule has 0 saturated carbocycles. The number of aryl methyl sites for hydroxylation is 3. The van der Waals surface area contributed by atoms with Gasteiger partial charge in [-0.2, -0.15) is 0 Å². The predicted molar refractivity (Wildman–Crippen MR) is 116 cm³/mol. The summed E-state index contributed by atoms with van der Waals surface area (Å²) in [4.78, 5) is 16.8. The van der Waals surface area contributed by atoms with Crippen LogP contribution in [0.25, 0.3) is 0 Å². The van der Waals surface area contributed by atoms with Crippen LogP contribution in [-0.4, -0.2) is 73.2 Å². The van der Waals surface area contributed by atoms with Gasteiger partial charge >= 0.3 is 0 Å². The molecule has 2 rings (SSSR count). The van der Waals surface area contributed by atoms with E-state index >= 15 is 0 Å². The molecular weight excluding hydrogens is 350 g/mol. The molecule has 0 aromatic heterocycles. The minimum absolute atomic E-state index is 0.108. The molecule has 1 heterocycles. The molecule has 28 heavy (non-hydrogen) atoms. The highest BCUT2D eigenvalue weighted by atomic mass is 16.3. The maximum atomic E-state index is 12.3. The van der Waals surface area contributed by atoms with Gasteiger partial charge in [-0.1, -0.05) is 17.7 Å². The minimum atomic E-state index is -0.254. The van der Waals surface area contributed by atoms with Crippen LogP contribution in [-0.2, 0) is 11.2 Å². The topological polar surface area (TPSA) is 55.8 Å². The van der Waals surface area contributed by atoms with Crippen LogP contribution in [0, 0.1) is 26.7 Å². The van der Waals surface area contributed by atoms with E-state index in [1.54, 1.807) is 0 Å². The number of likely N-dealkylation sites (tertiary alicyclic amines) is 1. The first kappa shape index (κ1) is 22.9. The molecule has 0 radical (unpaired) electrons. The number of carbonyl (C=O) groups excluding carboxylic acids is 1. The Hall–Kier alpha value is -1.43. The number of β-amino-alcohol motifs (C(OH)–C–C–N with tert-alkyl or cyclic N) is 1. The Morgan fingerprint density at radius 2 is 1.86 bits per heavy atom. The van der Waals surface area contributed by atoms with Crippen molar-refractivity contribution in [2.75, 3.05) is 46.3 Å².